The first kappa shape index (κ1) is 22.8. The van der Waals surface area contributed by atoms with Crippen molar-refractivity contribution in [1.29, 1.82) is 0 Å². The number of nitrogens with zero attached hydrogens (tertiary/aromatic N) is 1. The molecule has 1 aliphatic heterocycles. The van der Waals surface area contributed by atoms with Gasteiger partial charge in [0.05, 0.1) is 10.9 Å². The highest BCUT2D eigenvalue weighted by atomic mass is 32.2. The van der Waals surface area contributed by atoms with Crippen LogP contribution in [-0.4, -0.2) is 39.5 Å². The molecule has 0 saturated carbocycles. The fraction of sp³-hybridized carbons (Fsp3) is 0.192. The van der Waals surface area contributed by atoms with Crippen LogP contribution in [0.15, 0.2) is 82.1 Å². The Kier molecular flexibility index (Phi) is 5.86. The van der Waals surface area contributed by atoms with E-state index in [0.29, 0.717) is 36.0 Å². The van der Waals surface area contributed by atoms with Gasteiger partial charge < -0.3 is 18.8 Å². The number of para-hydroxylation sites is 1. The second-order valence-corrected chi connectivity index (χ2v) is 9.95. The van der Waals surface area contributed by atoms with Crippen LogP contribution in [0.3, 0.4) is 0 Å². The molecule has 0 saturated heterocycles. The third kappa shape index (κ3) is 4.54. The average molecular weight is 493 g/mol. The van der Waals surface area contributed by atoms with E-state index >= 15 is 0 Å². The summed E-state index contributed by atoms with van der Waals surface area (Å²) in [5, 5.41) is 0.964. The molecule has 0 fully saturated rings. The van der Waals surface area contributed by atoms with Crippen LogP contribution >= 0.6 is 0 Å². The minimum Gasteiger partial charge on any atom is -0.486 e. The van der Waals surface area contributed by atoms with E-state index in [1.54, 1.807) is 36.2 Å². The topological polar surface area (TPSA) is 98.1 Å². The summed E-state index contributed by atoms with van der Waals surface area (Å²) < 4.78 is 45.3. The zero-order valence-corrected chi connectivity index (χ0v) is 20.0. The van der Waals surface area contributed by atoms with Crippen LogP contribution in [0.5, 0.6) is 11.5 Å². The molecule has 1 aromatic heterocycles. The third-order valence-corrected chi connectivity index (χ3v) is 7.32. The number of amides is 1. The molecule has 3 aromatic carbocycles. The molecule has 1 aliphatic rings. The molecule has 0 spiro atoms. The second-order valence-electron chi connectivity index (χ2n) is 8.27. The Bertz CT molecular complexity index is 1480. The Hall–Kier alpha value is -3.98. The lowest BCUT2D eigenvalue weighted by atomic mass is 10.1. The number of ether oxygens (including phenoxy) is 2. The largest absolute Gasteiger partial charge is 0.486 e. The number of carbonyl (C=O) groups is 1. The molecule has 180 valence electrons. The maximum Gasteiger partial charge on any atom is 0.262 e. The summed E-state index contributed by atoms with van der Waals surface area (Å²) in [4.78, 5) is 14.8. The lowest BCUT2D eigenvalue weighted by Crippen LogP contribution is -2.29. The molecule has 5 rings (SSSR count). The van der Waals surface area contributed by atoms with Gasteiger partial charge in [0.2, 0.25) is 0 Å². The highest BCUT2D eigenvalue weighted by Crippen LogP contribution is 2.33. The zero-order valence-electron chi connectivity index (χ0n) is 19.2. The van der Waals surface area contributed by atoms with Gasteiger partial charge in [0.1, 0.15) is 24.6 Å². The fourth-order valence-electron chi connectivity index (χ4n) is 3.90. The normalized spacial score (nSPS) is 13.9. The summed E-state index contributed by atoms with van der Waals surface area (Å²) in [6.07, 6.45) is 0. The Morgan fingerprint density at radius 3 is 2.51 bits per heavy atom. The Morgan fingerprint density at radius 1 is 0.943 bits per heavy atom. The van der Waals surface area contributed by atoms with Crippen LogP contribution in [0.25, 0.3) is 11.0 Å². The van der Waals surface area contributed by atoms with Crippen molar-refractivity contribution in [1.82, 2.24) is 4.90 Å². The van der Waals surface area contributed by atoms with Crippen LogP contribution in [0.1, 0.15) is 29.1 Å². The second kappa shape index (κ2) is 8.99. The first-order chi connectivity index (χ1) is 16.8. The predicted octanol–water partition coefficient (Wildman–Crippen LogP) is 4.84. The van der Waals surface area contributed by atoms with Crippen LogP contribution in [0, 0.1) is 0 Å². The van der Waals surface area contributed by atoms with Gasteiger partial charge in [0, 0.05) is 29.8 Å². The Balaban J connectivity index is 1.34. The summed E-state index contributed by atoms with van der Waals surface area (Å²) in [6, 6.07) is 20.1. The van der Waals surface area contributed by atoms with Crippen LogP contribution in [0.2, 0.25) is 0 Å². The van der Waals surface area contributed by atoms with E-state index in [1.165, 1.54) is 18.2 Å². The molecule has 1 unspecified atom stereocenters. The van der Waals surface area contributed by atoms with E-state index < -0.39 is 10.0 Å². The number of rotatable bonds is 6. The van der Waals surface area contributed by atoms with Crippen LogP contribution in [0.4, 0.5) is 5.69 Å². The molecule has 0 radical (unpaired) electrons. The molecule has 9 heteroatoms. The van der Waals surface area contributed by atoms with E-state index in [4.69, 9.17) is 13.9 Å². The summed E-state index contributed by atoms with van der Waals surface area (Å²) >= 11 is 0. The van der Waals surface area contributed by atoms with Crippen molar-refractivity contribution < 1.29 is 27.1 Å². The number of carbonyl (C=O) groups excluding carboxylic acids is 1. The van der Waals surface area contributed by atoms with Gasteiger partial charge in [-0.05, 0) is 49.4 Å². The molecule has 1 amide bonds. The molecule has 4 aromatic rings. The number of hydrogen-bond donors (Lipinski definition) is 1. The van der Waals surface area contributed by atoms with E-state index in [0.717, 1.165) is 11.0 Å². The molecule has 35 heavy (non-hydrogen) atoms. The van der Waals surface area contributed by atoms with Gasteiger partial charge in [-0.15, -0.1) is 0 Å². The molecular formula is C26H24N2O6S. The maximum absolute atomic E-state index is 13.2. The number of nitrogens with one attached hydrogen (secondary N) is 1. The summed E-state index contributed by atoms with van der Waals surface area (Å²) in [7, 11) is -2.22. The van der Waals surface area contributed by atoms with Crippen molar-refractivity contribution in [3.8, 4) is 11.5 Å². The quantitative estimate of drug-likeness (QED) is 0.414. The van der Waals surface area contributed by atoms with Crippen molar-refractivity contribution in [2.75, 3.05) is 25.0 Å². The predicted molar refractivity (Wildman–Crippen MR) is 131 cm³/mol. The number of furan rings is 1. The summed E-state index contributed by atoms with van der Waals surface area (Å²) in [5.74, 6) is 1.28. The van der Waals surface area contributed by atoms with Gasteiger partial charge in [-0.3, -0.25) is 9.52 Å². The highest BCUT2D eigenvalue weighted by molar-refractivity contribution is 7.92. The Labute approximate surface area is 203 Å². The molecule has 0 bridgehead atoms. The van der Waals surface area contributed by atoms with Crippen molar-refractivity contribution in [3.63, 3.8) is 0 Å². The minimum atomic E-state index is -3.91. The number of anilines is 1. The van der Waals surface area contributed by atoms with Gasteiger partial charge in [-0.2, -0.15) is 0 Å². The standard InChI is InChI=1S/C26H24N2O6S/c1-17(24-15-18-6-3-4-9-22(18)34-24)28(2)26(29)19-7-5-8-20(14-19)27-35(30,31)21-10-11-23-25(16-21)33-13-12-32-23/h3-11,14-17,27H,12-13H2,1-2H3. The number of fused-ring (bicyclic) bond motifs is 2. The van der Waals surface area contributed by atoms with Crippen molar-refractivity contribution in [2.24, 2.45) is 0 Å². The van der Waals surface area contributed by atoms with Gasteiger partial charge >= 0.3 is 0 Å². The van der Waals surface area contributed by atoms with E-state index in [1.807, 2.05) is 37.3 Å². The zero-order chi connectivity index (χ0) is 24.6. The van der Waals surface area contributed by atoms with E-state index in [9.17, 15) is 13.2 Å². The van der Waals surface area contributed by atoms with Gasteiger partial charge in [0.15, 0.2) is 11.5 Å². The van der Waals surface area contributed by atoms with Crippen molar-refractivity contribution in [3.05, 3.63) is 84.1 Å². The first-order valence-corrected chi connectivity index (χ1v) is 12.6. The van der Waals surface area contributed by atoms with Gasteiger partial charge in [-0.1, -0.05) is 24.3 Å². The summed E-state index contributed by atoms with van der Waals surface area (Å²) in [6.45, 7) is 2.65. The van der Waals surface area contributed by atoms with Crippen molar-refractivity contribution in [2.45, 2.75) is 17.9 Å². The monoisotopic (exact) mass is 492 g/mol. The molecule has 8 nitrogen and oxygen atoms in total. The van der Waals surface area contributed by atoms with E-state index in [2.05, 4.69) is 4.72 Å². The van der Waals surface area contributed by atoms with Crippen LogP contribution in [-0.2, 0) is 10.0 Å². The molecule has 0 aliphatic carbocycles. The fourth-order valence-corrected chi connectivity index (χ4v) is 4.96. The first-order valence-electron chi connectivity index (χ1n) is 11.1. The molecule has 2 heterocycles. The number of benzene rings is 3. The SMILES string of the molecule is CC(c1cc2ccccc2o1)N(C)C(=O)c1cccc(NS(=O)(=O)c2ccc3c(c2)OCCO3)c1. The molecular weight excluding hydrogens is 468 g/mol. The van der Waals surface area contributed by atoms with Gasteiger partial charge in [-0.25, -0.2) is 8.42 Å². The lowest BCUT2D eigenvalue weighted by molar-refractivity contribution is 0.0727. The Morgan fingerprint density at radius 2 is 1.71 bits per heavy atom. The minimum absolute atomic E-state index is 0.0362. The number of sulfonamides is 1. The molecule has 1 atom stereocenters. The third-order valence-electron chi connectivity index (χ3n) is 5.94. The summed E-state index contributed by atoms with van der Waals surface area (Å²) in [5.41, 5.74) is 1.37. The molecule has 1 N–H and O–H groups in total. The van der Waals surface area contributed by atoms with Crippen LogP contribution < -0.4 is 14.2 Å². The number of hydrogen-bond acceptors (Lipinski definition) is 6. The maximum atomic E-state index is 13.2. The van der Waals surface area contributed by atoms with Crippen molar-refractivity contribution >= 4 is 32.6 Å². The van der Waals surface area contributed by atoms with Gasteiger partial charge in [0.25, 0.3) is 15.9 Å². The average Bonchev–Trinajstić information content (AvgIpc) is 3.31. The lowest BCUT2D eigenvalue weighted by Gasteiger charge is -2.23. The van der Waals surface area contributed by atoms with E-state index in [-0.39, 0.29) is 22.5 Å². The highest BCUT2D eigenvalue weighted by Gasteiger charge is 2.23. The smallest absolute Gasteiger partial charge is 0.262 e.